The van der Waals surface area contributed by atoms with Gasteiger partial charge in [0, 0.05) is 20.3 Å². The summed E-state index contributed by atoms with van der Waals surface area (Å²) in [6.07, 6.45) is 3.11. The first-order valence-electron chi connectivity index (χ1n) is 7.69. The molecule has 0 bridgehead atoms. The summed E-state index contributed by atoms with van der Waals surface area (Å²) in [7, 11) is 3.49. The fraction of sp³-hybridized carbons (Fsp3) is 0.333. The minimum Gasteiger partial charge on any atom is -0.486 e. The molecule has 0 radical (unpaired) electrons. The lowest BCUT2D eigenvalue weighted by molar-refractivity contribution is 0.0815. The zero-order valence-corrected chi connectivity index (χ0v) is 13.4. The van der Waals surface area contributed by atoms with Crippen molar-refractivity contribution in [3.8, 4) is 11.5 Å². The highest BCUT2D eigenvalue weighted by Gasteiger charge is 2.22. The average molecular weight is 312 g/mol. The molecule has 3 rings (SSSR count). The van der Waals surface area contributed by atoms with E-state index in [0.717, 1.165) is 23.6 Å². The van der Waals surface area contributed by atoms with Crippen LogP contribution >= 0.6 is 0 Å². The monoisotopic (exact) mass is 312 g/mol. The number of carbonyl (C=O) groups is 1. The lowest BCUT2D eigenvalue weighted by Crippen LogP contribution is -2.30. The fourth-order valence-electron chi connectivity index (χ4n) is 2.58. The molecule has 120 valence electrons. The number of fused-ring (bicyclic) bond motifs is 1. The van der Waals surface area contributed by atoms with Crippen LogP contribution in [0.25, 0.3) is 0 Å². The molecule has 0 fully saturated rings. The van der Waals surface area contributed by atoms with E-state index in [9.17, 15) is 4.79 Å². The number of nitrogens with zero attached hydrogens (tertiary/aromatic N) is 2. The highest BCUT2D eigenvalue weighted by Crippen LogP contribution is 2.31. The van der Waals surface area contributed by atoms with Crippen molar-refractivity contribution < 1.29 is 14.3 Å². The SMILES string of the molecule is CN(C)C(=O)c1cccnc1CC[C@@H]1COc2ccccc2O1. The average Bonchev–Trinajstić information content (AvgIpc) is 2.59. The third-order valence-electron chi connectivity index (χ3n) is 3.80. The number of amides is 1. The molecule has 1 atom stereocenters. The smallest absolute Gasteiger partial charge is 0.255 e. The predicted molar refractivity (Wildman–Crippen MR) is 86.9 cm³/mol. The predicted octanol–water partition coefficient (Wildman–Crippen LogP) is 2.56. The van der Waals surface area contributed by atoms with Crippen LogP contribution in [-0.2, 0) is 6.42 Å². The van der Waals surface area contributed by atoms with Gasteiger partial charge >= 0.3 is 0 Å². The van der Waals surface area contributed by atoms with Crippen LogP contribution in [-0.4, -0.2) is 42.6 Å². The van der Waals surface area contributed by atoms with Gasteiger partial charge in [-0.2, -0.15) is 0 Å². The molecule has 0 aliphatic carbocycles. The van der Waals surface area contributed by atoms with Crippen LogP contribution in [0.1, 0.15) is 22.5 Å². The van der Waals surface area contributed by atoms with Crippen LogP contribution < -0.4 is 9.47 Å². The molecular formula is C18H20N2O3. The normalized spacial score (nSPS) is 16.0. The molecule has 0 saturated heterocycles. The molecule has 5 heteroatoms. The number of aryl methyl sites for hydroxylation is 1. The van der Waals surface area contributed by atoms with Crippen LogP contribution in [0.3, 0.4) is 0 Å². The quantitative estimate of drug-likeness (QED) is 0.870. The second kappa shape index (κ2) is 6.69. The van der Waals surface area contributed by atoms with Gasteiger partial charge in [0.25, 0.3) is 5.91 Å². The standard InChI is InChI=1S/C18H20N2O3/c1-20(2)18(21)14-6-5-11-19-15(14)10-9-13-12-22-16-7-3-4-8-17(16)23-13/h3-8,11,13H,9-10,12H2,1-2H3/t13-/m1/s1. The number of pyridine rings is 1. The van der Waals surface area contributed by atoms with Crippen molar-refractivity contribution >= 4 is 5.91 Å². The summed E-state index contributed by atoms with van der Waals surface area (Å²) in [5.41, 5.74) is 1.45. The van der Waals surface area contributed by atoms with Crippen LogP contribution in [0.5, 0.6) is 11.5 Å². The molecule has 23 heavy (non-hydrogen) atoms. The van der Waals surface area contributed by atoms with E-state index in [0.29, 0.717) is 18.6 Å². The summed E-state index contributed by atoms with van der Waals surface area (Å²) in [5.74, 6) is 1.53. The van der Waals surface area contributed by atoms with Crippen LogP contribution in [0.15, 0.2) is 42.6 Å². The summed E-state index contributed by atoms with van der Waals surface area (Å²) in [6, 6.07) is 11.3. The molecule has 2 aromatic rings. The number of para-hydroxylation sites is 2. The molecule has 0 saturated carbocycles. The van der Waals surface area contributed by atoms with Gasteiger partial charge < -0.3 is 14.4 Å². The van der Waals surface area contributed by atoms with E-state index < -0.39 is 0 Å². The number of benzene rings is 1. The van der Waals surface area contributed by atoms with Crippen molar-refractivity contribution in [2.45, 2.75) is 18.9 Å². The summed E-state index contributed by atoms with van der Waals surface area (Å²) in [4.78, 5) is 18.1. The van der Waals surface area contributed by atoms with E-state index >= 15 is 0 Å². The molecule has 2 heterocycles. The topological polar surface area (TPSA) is 51.7 Å². The minimum absolute atomic E-state index is 0.0285. The second-order valence-electron chi connectivity index (χ2n) is 5.73. The Hall–Kier alpha value is -2.56. The largest absolute Gasteiger partial charge is 0.486 e. The molecule has 0 spiro atoms. The van der Waals surface area contributed by atoms with Crippen molar-refractivity contribution in [2.75, 3.05) is 20.7 Å². The fourth-order valence-corrected chi connectivity index (χ4v) is 2.58. The van der Waals surface area contributed by atoms with Crippen molar-refractivity contribution in [3.05, 3.63) is 53.9 Å². The Bertz CT molecular complexity index is 700. The highest BCUT2D eigenvalue weighted by molar-refractivity contribution is 5.94. The Morgan fingerprint density at radius 3 is 2.78 bits per heavy atom. The molecule has 0 N–H and O–H groups in total. The zero-order chi connectivity index (χ0) is 16.2. The number of hydrogen-bond donors (Lipinski definition) is 0. The van der Waals surface area contributed by atoms with Gasteiger partial charge in [0.15, 0.2) is 11.5 Å². The van der Waals surface area contributed by atoms with Gasteiger partial charge in [-0.25, -0.2) is 0 Å². The van der Waals surface area contributed by atoms with E-state index in [1.807, 2.05) is 30.3 Å². The van der Waals surface area contributed by atoms with E-state index in [-0.39, 0.29) is 12.0 Å². The van der Waals surface area contributed by atoms with Gasteiger partial charge in [-0.15, -0.1) is 0 Å². The molecule has 1 aromatic carbocycles. The number of hydrogen-bond acceptors (Lipinski definition) is 4. The molecular weight excluding hydrogens is 292 g/mol. The van der Waals surface area contributed by atoms with Gasteiger partial charge in [-0.05, 0) is 37.1 Å². The molecule has 1 aromatic heterocycles. The van der Waals surface area contributed by atoms with Crippen LogP contribution in [0.4, 0.5) is 0 Å². The maximum absolute atomic E-state index is 12.2. The Morgan fingerprint density at radius 2 is 2.00 bits per heavy atom. The Kier molecular flexibility index (Phi) is 4.46. The van der Waals surface area contributed by atoms with E-state index in [1.165, 1.54) is 0 Å². The lowest BCUT2D eigenvalue weighted by Gasteiger charge is -2.26. The molecule has 1 amide bonds. The van der Waals surface area contributed by atoms with Gasteiger partial charge in [-0.3, -0.25) is 9.78 Å². The van der Waals surface area contributed by atoms with Gasteiger partial charge in [-0.1, -0.05) is 12.1 Å². The van der Waals surface area contributed by atoms with Crippen LogP contribution in [0, 0.1) is 0 Å². The first kappa shape index (κ1) is 15.3. The number of carbonyl (C=O) groups excluding carboxylic acids is 1. The zero-order valence-electron chi connectivity index (χ0n) is 13.4. The maximum atomic E-state index is 12.2. The molecule has 1 aliphatic heterocycles. The number of aromatic nitrogens is 1. The van der Waals surface area contributed by atoms with Crippen molar-refractivity contribution in [3.63, 3.8) is 0 Å². The van der Waals surface area contributed by atoms with Crippen molar-refractivity contribution in [2.24, 2.45) is 0 Å². The molecule has 1 aliphatic rings. The second-order valence-corrected chi connectivity index (χ2v) is 5.73. The van der Waals surface area contributed by atoms with E-state index in [2.05, 4.69) is 4.98 Å². The first-order chi connectivity index (χ1) is 11.1. The van der Waals surface area contributed by atoms with Gasteiger partial charge in [0.1, 0.15) is 12.7 Å². The third-order valence-corrected chi connectivity index (χ3v) is 3.80. The van der Waals surface area contributed by atoms with Crippen molar-refractivity contribution in [1.82, 2.24) is 9.88 Å². The number of ether oxygens (including phenoxy) is 2. The molecule has 0 unspecified atom stereocenters. The van der Waals surface area contributed by atoms with Gasteiger partial charge in [0.2, 0.25) is 0 Å². The third kappa shape index (κ3) is 3.44. The summed E-state index contributed by atoms with van der Waals surface area (Å²) in [6.45, 7) is 0.515. The van der Waals surface area contributed by atoms with E-state index in [1.54, 1.807) is 31.3 Å². The minimum atomic E-state index is -0.0331. The summed E-state index contributed by atoms with van der Waals surface area (Å²) < 4.78 is 11.7. The first-order valence-corrected chi connectivity index (χ1v) is 7.69. The molecule has 5 nitrogen and oxygen atoms in total. The maximum Gasteiger partial charge on any atom is 0.255 e. The Labute approximate surface area is 135 Å². The van der Waals surface area contributed by atoms with Crippen molar-refractivity contribution in [1.29, 1.82) is 0 Å². The Morgan fingerprint density at radius 1 is 1.22 bits per heavy atom. The lowest BCUT2D eigenvalue weighted by atomic mass is 10.1. The summed E-state index contributed by atoms with van der Waals surface area (Å²) >= 11 is 0. The highest BCUT2D eigenvalue weighted by atomic mass is 16.6. The Balaban J connectivity index is 1.67. The van der Waals surface area contributed by atoms with Gasteiger partial charge in [0.05, 0.1) is 11.3 Å². The summed E-state index contributed by atoms with van der Waals surface area (Å²) in [5, 5.41) is 0. The number of rotatable bonds is 4. The van der Waals surface area contributed by atoms with Crippen LogP contribution in [0.2, 0.25) is 0 Å². The van der Waals surface area contributed by atoms with E-state index in [4.69, 9.17) is 9.47 Å².